The zero-order valence-electron chi connectivity index (χ0n) is 8.28. The Bertz CT molecular complexity index is 414. The van der Waals surface area contributed by atoms with Gasteiger partial charge in [0.2, 0.25) is 0 Å². The van der Waals surface area contributed by atoms with Gasteiger partial charge in [-0.1, -0.05) is 17.2 Å². The van der Waals surface area contributed by atoms with E-state index in [1.54, 1.807) is 0 Å². The van der Waals surface area contributed by atoms with E-state index < -0.39 is 17.6 Å². The molecule has 0 N–H and O–H groups in total. The Morgan fingerprint density at radius 1 is 1.50 bits per heavy atom. The molecule has 0 saturated heterocycles. The highest BCUT2D eigenvalue weighted by Gasteiger charge is 2.09. The van der Waals surface area contributed by atoms with Crippen molar-refractivity contribution in [1.82, 2.24) is 0 Å². The lowest BCUT2D eigenvalue weighted by Gasteiger charge is -2.05. The lowest BCUT2D eigenvalue weighted by Crippen LogP contribution is -2.09. The van der Waals surface area contributed by atoms with E-state index in [9.17, 15) is 14.5 Å². The van der Waals surface area contributed by atoms with E-state index in [4.69, 9.17) is 5.53 Å². The number of rotatable bonds is 5. The van der Waals surface area contributed by atoms with Crippen molar-refractivity contribution < 1.29 is 9.31 Å². The average Bonchev–Trinajstić information content (AvgIpc) is 2.29. The summed E-state index contributed by atoms with van der Waals surface area (Å²) >= 11 is 0. The zero-order valence-corrected chi connectivity index (χ0v) is 8.28. The number of benzene rings is 1. The molecular formula is C9H9FN4O2. The van der Waals surface area contributed by atoms with Crippen molar-refractivity contribution in [2.24, 2.45) is 5.11 Å². The van der Waals surface area contributed by atoms with Crippen LogP contribution in [0, 0.1) is 10.1 Å². The summed E-state index contributed by atoms with van der Waals surface area (Å²) in [5, 5.41) is 13.6. The molecule has 16 heavy (non-hydrogen) atoms. The molecule has 0 aliphatic heterocycles. The number of alkyl halides is 1. The smallest absolute Gasteiger partial charge is 0.258 e. The summed E-state index contributed by atoms with van der Waals surface area (Å²) in [5.74, 6) is 0. The molecule has 0 fully saturated rings. The van der Waals surface area contributed by atoms with Crippen molar-refractivity contribution in [3.63, 3.8) is 0 Å². The van der Waals surface area contributed by atoms with Crippen LogP contribution in [0.2, 0.25) is 0 Å². The first-order valence-electron chi connectivity index (χ1n) is 4.51. The Morgan fingerprint density at radius 2 is 2.12 bits per heavy atom. The van der Waals surface area contributed by atoms with Gasteiger partial charge in [-0.25, -0.2) is 0 Å². The SMILES string of the molecule is [N-]=[N+]=NC(CF)Cc1ccc([N+](=O)[O-])cc1. The summed E-state index contributed by atoms with van der Waals surface area (Å²) in [7, 11) is 0. The number of halogens is 1. The topological polar surface area (TPSA) is 91.9 Å². The van der Waals surface area contributed by atoms with Crippen LogP contribution in [0.5, 0.6) is 0 Å². The molecule has 0 heterocycles. The van der Waals surface area contributed by atoms with Gasteiger partial charge in [0.1, 0.15) is 0 Å². The lowest BCUT2D eigenvalue weighted by atomic mass is 10.1. The van der Waals surface area contributed by atoms with E-state index in [1.165, 1.54) is 24.3 Å². The van der Waals surface area contributed by atoms with Gasteiger partial charge in [-0.3, -0.25) is 14.5 Å². The van der Waals surface area contributed by atoms with Crippen molar-refractivity contribution in [2.45, 2.75) is 12.5 Å². The molecule has 7 heteroatoms. The molecule has 1 rings (SSSR count). The van der Waals surface area contributed by atoms with Crippen molar-refractivity contribution >= 4 is 5.69 Å². The minimum absolute atomic E-state index is 0.0238. The second kappa shape index (κ2) is 5.67. The molecule has 0 radical (unpaired) electrons. The van der Waals surface area contributed by atoms with Crippen LogP contribution < -0.4 is 0 Å². The normalized spacial score (nSPS) is 11.6. The van der Waals surface area contributed by atoms with E-state index >= 15 is 0 Å². The van der Waals surface area contributed by atoms with Gasteiger partial charge in [0.25, 0.3) is 5.69 Å². The van der Waals surface area contributed by atoms with Gasteiger partial charge in [0.15, 0.2) is 0 Å². The molecule has 0 bridgehead atoms. The highest BCUT2D eigenvalue weighted by molar-refractivity contribution is 5.33. The van der Waals surface area contributed by atoms with E-state index in [0.29, 0.717) is 5.56 Å². The zero-order chi connectivity index (χ0) is 12.0. The van der Waals surface area contributed by atoms with Crippen LogP contribution in [-0.2, 0) is 6.42 Å². The van der Waals surface area contributed by atoms with Crippen molar-refractivity contribution in [3.05, 3.63) is 50.4 Å². The Hall–Kier alpha value is -2.14. The fourth-order valence-electron chi connectivity index (χ4n) is 1.23. The number of nitro groups is 1. The maximum atomic E-state index is 12.4. The van der Waals surface area contributed by atoms with E-state index in [0.717, 1.165) is 0 Å². The van der Waals surface area contributed by atoms with E-state index in [2.05, 4.69) is 10.0 Å². The van der Waals surface area contributed by atoms with Crippen molar-refractivity contribution in [1.29, 1.82) is 0 Å². The summed E-state index contributed by atoms with van der Waals surface area (Å²) in [4.78, 5) is 12.4. The van der Waals surface area contributed by atoms with Crippen molar-refractivity contribution in [3.8, 4) is 0 Å². The Labute approximate surface area is 90.5 Å². The van der Waals surface area contributed by atoms with Crippen LogP contribution in [0.4, 0.5) is 10.1 Å². The molecule has 6 nitrogen and oxygen atoms in total. The molecule has 0 amide bonds. The number of azide groups is 1. The predicted molar refractivity (Wildman–Crippen MR) is 55.7 cm³/mol. The average molecular weight is 224 g/mol. The quantitative estimate of drug-likeness (QED) is 0.253. The van der Waals surface area contributed by atoms with Gasteiger partial charge in [-0.15, -0.1) is 0 Å². The highest BCUT2D eigenvalue weighted by atomic mass is 19.1. The number of nitrogens with zero attached hydrogens (tertiary/aromatic N) is 4. The van der Waals surface area contributed by atoms with Gasteiger partial charge >= 0.3 is 0 Å². The van der Waals surface area contributed by atoms with E-state index in [1.807, 2.05) is 0 Å². The summed E-state index contributed by atoms with van der Waals surface area (Å²) in [6.45, 7) is -0.749. The molecule has 1 atom stereocenters. The number of nitro benzene ring substituents is 1. The monoisotopic (exact) mass is 224 g/mol. The third-order valence-electron chi connectivity index (χ3n) is 2.01. The minimum Gasteiger partial charge on any atom is -0.258 e. The van der Waals surface area contributed by atoms with Crippen LogP contribution in [-0.4, -0.2) is 17.6 Å². The second-order valence-corrected chi connectivity index (χ2v) is 3.14. The molecule has 1 aromatic carbocycles. The van der Waals surface area contributed by atoms with Crippen LogP contribution >= 0.6 is 0 Å². The number of hydrogen-bond donors (Lipinski definition) is 0. The lowest BCUT2D eigenvalue weighted by molar-refractivity contribution is -0.384. The second-order valence-electron chi connectivity index (χ2n) is 3.14. The molecule has 0 aliphatic rings. The maximum absolute atomic E-state index is 12.4. The minimum atomic E-state index is -0.758. The summed E-state index contributed by atoms with van der Waals surface area (Å²) in [6, 6.07) is 4.95. The molecule has 0 spiro atoms. The summed E-state index contributed by atoms with van der Waals surface area (Å²) in [5.41, 5.74) is 8.84. The van der Waals surface area contributed by atoms with Crippen LogP contribution in [0.1, 0.15) is 5.56 Å². The van der Waals surface area contributed by atoms with Crippen molar-refractivity contribution in [2.75, 3.05) is 6.67 Å². The Morgan fingerprint density at radius 3 is 2.56 bits per heavy atom. The maximum Gasteiger partial charge on any atom is 0.269 e. The molecule has 84 valence electrons. The van der Waals surface area contributed by atoms with Crippen LogP contribution in [0.15, 0.2) is 29.4 Å². The first-order chi connectivity index (χ1) is 7.67. The fourth-order valence-corrected chi connectivity index (χ4v) is 1.23. The first kappa shape index (κ1) is 11.9. The summed E-state index contributed by atoms with van der Waals surface area (Å²) < 4.78 is 12.4. The standard InChI is InChI=1S/C9H9FN4O2/c10-6-8(12-13-11)5-7-1-3-9(4-2-7)14(15)16/h1-4,8H,5-6H2. The molecule has 1 unspecified atom stereocenters. The summed E-state index contributed by atoms with van der Waals surface area (Å²) in [6.07, 6.45) is 0.235. The largest absolute Gasteiger partial charge is 0.269 e. The van der Waals surface area contributed by atoms with Gasteiger partial charge in [-0.05, 0) is 17.5 Å². The van der Waals surface area contributed by atoms with E-state index in [-0.39, 0.29) is 12.1 Å². The third kappa shape index (κ3) is 3.21. The van der Waals surface area contributed by atoms with Crippen LogP contribution in [0.25, 0.3) is 10.4 Å². The molecule has 1 aromatic rings. The molecule has 0 saturated carbocycles. The van der Waals surface area contributed by atoms with Gasteiger partial charge < -0.3 is 0 Å². The van der Waals surface area contributed by atoms with Gasteiger partial charge in [-0.2, -0.15) is 0 Å². The Balaban J connectivity index is 2.74. The first-order valence-corrected chi connectivity index (χ1v) is 4.51. The van der Waals surface area contributed by atoms with Crippen LogP contribution in [0.3, 0.4) is 0 Å². The third-order valence-corrected chi connectivity index (χ3v) is 2.01. The highest BCUT2D eigenvalue weighted by Crippen LogP contribution is 2.14. The number of non-ortho nitro benzene ring substituents is 1. The number of hydrogen-bond acceptors (Lipinski definition) is 3. The Kier molecular flexibility index (Phi) is 4.23. The molecule has 0 aromatic heterocycles. The predicted octanol–water partition coefficient (Wildman–Crippen LogP) is 2.79. The molecule has 0 aliphatic carbocycles. The van der Waals surface area contributed by atoms with Gasteiger partial charge in [0.05, 0.1) is 17.6 Å². The molecular weight excluding hydrogens is 215 g/mol. The van der Waals surface area contributed by atoms with Gasteiger partial charge in [0, 0.05) is 17.0 Å². The fraction of sp³-hybridized carbons (Fsp3) is 0.333.